The summed E-state index contributed by atoms with van der Waals surface area (Å²) in [6.45, 7) is 0.266. The first-order chi connectivity index (χ1) is 12.5. The van der Waals surface area contributed by atoms with Crippen molar-refractivity contribution in [2.24, 2.45) is 0 Å². The van der Waals surface area contributed by atoms with E-state index in [2.05, 4.69) is 10.6 Å². The van der Waals surface area contributed by atoms with Crippen LogP contribution in [-0.4, -0.2) is 32.6 Å². The van der Waals surface area contributed by atoms with Gasteiger partial charge in [-0.05, 0) is 35.4 Å². The lowest BCUT2D eigenvalue weighted by atomic mass is 10.1. The summed E-state index contributed by atoms with van der Waals surface area (Å²) in [6, 6.07) is 12.9. The molecule has 0 saturated heterocycles. The van der Waals surface area contributed by atoms with Crippen molar-refractivity contribution in [1.29, 1.82) is 0 Å². The Morgan fingerprint density at radius 2 is 1.73 bits per heavy atom. The number of halogens is 1. The molecule has 7 heteroatoms. The van der Waals surface area contributed by atoms with Gasteiger partial charge in [-0.15, -0.1) is 0 Å². The molecule has 1 unspecified atom stereocenters. The fraction of sp³-hybridized carbons (Fsp3) is 0.263. The topological polar surface area (TPSA) is 76.7 Å². The van der Waals surface area contributed by atoms with Crippen LogP contribution in [0.25, 0.3) is 0 Å². The molecule has 2 aromatic carbocycles. The van der Waals surface area contributed by atoms with Crippen LogP contribution in [0.4, 0.5) is 4.39 Å². The lowest BCUT2D eigenvalue weighted by Gasteiger charge is -2.17. The van der Waals surface area contributed by atoms with E-state index in [-0.39, 0.29) is 18.9 Å². The summed E-state index contributed by atoms with van der Waals surface area (Å²) < 4.78 is 23.4. The van der Waals surface area contributed by atoms with E-state index in [1.165, 1.54) is 31.4 Å². The first-order valence-corrected chi connectivity index (χ1v) is 8.00. The van der Waals surface area contributed by atoms with Crippen molar-refractivity contribution in [3.8, 4) is 5.75 Å². The summed E-state index contributed by atoms with van der Waals surface area (Å²) in [5, 5.41) is 5.02. The smallest absolute Gasteiger partial charge is 0.309 e. The maximum atomic E-state index is 12.8. The highest BCUT2D eigenvalue weighted by Gasteiger charge is 2.17. The lowest BCUT2D eigenvalue weighted by Crippen LogP contribution is -2.41. The molecule has 2 N–H and O–H groups in total. The van der Waals surface area contributed by atoms with Crippen LogP contribution in [0, 0.1) is 5.82 Å². The Balaban J connectivity index is 1.85. The van der Waals surface area contributed by atoms with Crippen LogP contribution < -0.4 is 15.4 Å². The van der Waals surface area contributed by atoms with Gasteiger partial charge >= 0.3 is 11.8 Å². The van der Waals surface area contributed by atoms with Gasteiger partial charge in [0.05, 0.1) is 13.2 Å². The first kappa shape index (κ1) is 19.4. The van der Waals surface area contributed by atoms with Crippen molar-refractivity contribution >= 4 is 11.8 Å². The molecule has 138 valence electrons. The highest BCUT2D eigenvalue weighted by Crippen LogP contribution is 2.20. The van der Waals surface area contributed by atoms with Crippen LogP contribution in [0.5, 0.6) is 5.75 Å². The molecule has 0 heterocycles. The Kier molecular flexibility index (Phi) is 7.11. The van der Waals surface area contributed by atoms with E-state index >= 15 is 0 Å². The molecule has 1 atom stereocenters. The molecule has 0 fully saturated rings. The number of carbonyl (C=O) groups excluding carboxylic acids is 2. The van der Waals surface area contributed by atoms with E-state index in [9.17, 15) is 14.0 Å². The molecule has 0 radical (unpaired) electrons. The van der Waals surface area contributed by atoms with E-state index < -0.39 is 17.9 Å². The minimum Gasteiger partial charge on any atom is -0.497 e. The van der Waals surface area contributed by atoms with Crippen LogP contribution in [0.2, 0.25) is 0 Å². The van der Waals surface area contributed by atoms with Gasteiger partial charge in [-0.3, -0.25) is 9.59 Å². The van der Waals surface area contributed by atoms with Crippen molar-refractivity contribution in [2.75, 3.05) is 20.8 Å². The summed E-state index contributed by atoms with van der Waals surface area (Å²) in [5.41, 5.74) is 1.51. The van der Waals surface area contributed by atoms with Gasteiger partial charge in [0.15, 0.2) is 0 Å². The summed E-state index contributed by atoms with van der Waals surface area (Å²) in [7, 11) is 3.08. The highest BCUT2D eigenvalue weighted by molar-refractivity contribution is 6.35. The molecule has 2 amide bonds. The summed E-state index contributed by atoms with van der Waals surface area (Å²) in [4.78, 5) is 23.8. The first-order valence-electron chi connectivity index (χ1n) is 8.00. The normalized spacial score (nSPS) is 11.5. The predicted octanol–water partition coefficient (Wildman–Crippen LogP) is 1.95. The molecule has 2 rings (SSSR count). The maximum Gasteiger partial charge on any atom is 0.309 e. The zero-order chi connectivity index (χ0) is 18.9. The fourth-order valence-electron chi connectivity index (χ4n) is 2.31. The number of hydrogen-bond acceptors (Lipinski definition) is 4. The van der Waals surface area contributed by atoms with E-state index in [1.54, 1.807) is 19.2 Å². The van der Waals surface area contributed by atoms with Crippen LogP contribution >= 0.6 is 0 Å². The number of carbonyl (C=O) groups is 2. The van der Waals surface area contributed by atoms with Crippen LogP contribution in [0.15, 0.2) is 48.5 Å². The van der Waals surface area contributed by atoms with Crippen LogP contribution in [-0.2, 0) is 20.9 Å². The summed E-state index contributed by atoms with van der Waals surface area (Å²) >= 11 is 0. The van der Waals surface area contributed by atoms with Gasteiger partial charge in [-0.1, -0.05) is 24.3 Å². The van der Waals surface area contributed by atoms with Crippen molar-refractivity contribution in [2.45, 2.75) is 12.6 Å². The van der Waals surface area contributed by atoms with Gasteiger partial charge in [0.1, 0.15) is 11.6 Å². The molecule has 26 heavy (non-hydrogen) atoms. The van der Waals surface area contributed by atoms with Crippen molar-refractivity contribution in [3.05, 3.63) is 65.5 Å². The Labute approximate surface area is 151 Å². The second kappa shape index (κ2) is 9.53. The number of amides is 2. The molecule has 2 aromatic rings. The summed E-state index contributed by atoms with van der Waals surface area (Å²) in [5.74, 6) is -1.22. The van der Waals surface area contributed by atoms with Crippen molar-refractivity contribution in [1.82, 2.24) is 10.6 Å². The van der Waals surface area contributed by atoms with Crippen molar-refractivity contribution < 1.29 is 23.5 Å². The third-order valence-corrected chi connectivity index (χ3v) is 3.77. The second-order valence-electron chi connectivity index (χ2n) is 5.52. The second-order valence-corrected chi connectivity index (χ2v) is 5.52. The standard InChI is InChI=1S/C19H21FN2O4/c1-25-16-5-3-4-14(10-16)17(26-2)12-22-19(24)18(23)21-11-13-6-8-15(20)9-7-13/h3-10,17H,11-12H2,1-2H3,(H,21,23)(H,22,24). The third-order valence-electron chi connectivity index (χ3n) is 3.77. The lowest BCUT2D eigenvalue weighted by molar-refractivity contribution is -0.139. The quantitative estimate of drug-likeness (QED) is 0.740. The zero-order valence-corrected chi connectivity index (χ0v) is 14.6. The minimum atomic E-state index is -0.769. The number of benzene rings is 2. The third kappa shape index (κ3) is 5.56. The molecule has 0 aliphatic heterocycles. The zero-order valence-electron chi connectivity index (χ0n) is 14.6. The van der Waals surface area contributed by atoms with E-state index in [0.717, 1.165) is 5.56 Å². The molecule has 0 saturated carbocycles. The van der Waals surface area contributed by atoms with Crippen LogP contribution in [0.1, 0.15) is 17.2 Å². The Morgan fingerprint density at radius 3 is 2.38 bits per heavy atom. The average molecular weight is 360 g/mol. The van der Waals surface area contributed by atoms with E-state index in [4.69, 9.17) is 9.47 Å². The van der Waals surface area contributed by atoms with Gasteiger partial charge in [0.25, 0.3) is 0 Å². The van der Waals surface area contributed by atoms with Gasteiger partial charge < -0.3 is 20.1 Å². The molecule has 6 nitrogen and oxygen atoms in total. The Hall–Kier alpha value is -2.93. The van der Waals surface area contributed by atoms with Gasteiger partial charge in [-0.25, -0.2) is 4.39 Å². The van der Waals surface area contributed by atoms with Crippen molar-refractivity contribution in [3.63, 3.8) is 0 Å². The molecule has 0 aliphatic rings. The van der Waals surface area contributed by atoms with E-state index in [0.29, 0.717) is 11.3 Å². The number of methoxy groups -OCH3 is 2. The molecule has 0 bridgehead atoms. The fourth-order valence-corrected chi connectivity index (χ4v) is 2.31. The molecule has 0 spiro atoms. The summed E-state index contributed by atoms with van der Waals surface area (Å²) in [6.07, 6.45) is -0.418. The largest absolute Gasteiger partial charge is 0.497 e. The van der Waals surface area contributed by atoms with Gasteiger partial charge in [0, 0.05) is 20.2 Å². The van der Waals surface area contributed by atoms with E-state index in [1.807, 2.05) is 12.1 Å². The van der Waals surface area contributed by atoms with Gasteiger partial charge in [0.2, 0.25) is 0 Å². The van der Waals surface area contributed by atoms with Gasteiger partial charge in [-0.2, -0.15) is 0 Å². The molecule has 0 aliphatic carbocycles. The number of hydrogen-bond donors (Lipinski definition) is 2. The highest BCUT2D eigenvalue weighted by atomic mass is 19.1. The number of nitrogens with one attached hydrogen (secondary N) is 2. The van der Waals surface area contributed by atoms with Crippen LogP contribution in [0.3, 0.4) is 0 Å². The minimum absolute atomic E-state index is 0.131. The Morgan fingerprint density at radius 1 is 1.04 bits per heavy atom. The molecular weight excluding hydrogens is 339 g/mol. The number of rotatable bonds is 7. The Bertz CT molecular complexity index is 749. The maximum absolute atomic E-state index is 12.8. The predicted molar refractivity (Wildman–Crippen MR) is 94.0 cm³/mol. The number of ether oxygens (including phenoxy) is 2. The average Bonchev–Trinajstić information content (AvgIpc) is 2.67. The molecule has 0 aromatic heterocycles. The SMILES string of the molecule is COc1cccc(C(CNC(=O)C(=O)NCc2ccc(F)cc2)OC)c1. The molecular formula is C19H21FN2O4. The monoisotopic (exact) mass is 360 g/mol.